The largest absolute Gasteiger partial charge is 0.451 e. The van der Waals surface area contributed by atoms with Crippen molar-refractivity contribution in [1.29, 1.82) is 0 Å². The highest BCUT2D eigenvalue weighted by atomic mass is 16.3. The first-order valence-corrected chi connectivity index (χ1v) is 10.5. The molecule has 1 N–H and O–H groups in total. The number of carbonyl (C=O) groups excluding carboxylic acids is 1. The highest BCUT2D eigenvalue weighted by Crippen LogP contribution is 2.30. The van der Waals surface area contributed by atoms with E-state index in [1.807, 2.05) is 19.9 Å². The van der Waals surface area contributed by atoms with Gasteiger partial charge >= 0.3 is 0 Å². The Morgan fingerprint density at radius 3 is 2.41 bits per heavy atom. The van der Waals surface area contributed by atoms with Crippen LogP contribution in [0, 0.1) is 27.7 Å². The summed E-state index contributed by atoms with van der Waals surface area (Å²) in [7, 11) is 0. The monoisotopic (exact) mass is 390 g/mol. The summed E-state index contributed by atoms with van der Waals surface area (Å²) in [5.41, 5.74) is 6.51. The lowest BCUT2D eigenvalue weighted by molar-refractivity contribution is 0.0911. The van der Waals surface area contributed by atoms with Crippen molar-refractivity contribution in [1.82, 2.24) is 10.2 Å². The standard InChI is InChI=1S/C25H30N2O2/c1-16-7-9-20(10-8-16)21(27-11-5-6-12-27)15-26-25(28)24-19(4)23-18(3)13-17(2)14-22(23)29-24/h7-10,13-14,21H,5-6,11-12,15H2,1-4H3,(H,26,28). The fourth-order valence-corrected chi connectivity index (χ4v) is 4.58. The third kappa shape index (κ3) is 3.95. The summed E-state index contributed by atoms with van der Waals surface area (Å²) in [5, 5.41) is 4.20. The van der Waals surface area contributed by atoms with Gasteiger partial charge in [-0.15, -0.1) is 0 Å². The number of rotatable bonds is 5. The molecule has 1 saturated heterocycles. The Bertz CT molecular complexity index is 1030. The molecule has 0 aliphatic carbocycles. The van der Waals surface area contributed by atoms with Crippen LogP contribution in [-0.4, -0.2) is 30.4 Å². The maximum Gasteiger partial charge on any atom is 0.287 e. The molecule has 4 nitrogen and oxygen atoms in total. The lowest BCUT2D eigenvalue weighted by Gasteiger charge is -2.28. The van der Waals surface area contributed by atoms with Gasteiger partial charge in [-0.2, -0.15) is 0 Å². The van der Waals surface area contributed by atoms with E-state index in [9.17, 15) is 4.79 Å². The van der Waals surface area contributed by atoms with Gasteiger partial charge in [0.05, 0.1) is 6.04 Å². The van der Waals surface area contributed by atoms with E-state index in [2.05, 4.69) is 54.4 Å². The van der Waals surface area contributed by atoms with Crippen molar-refractivity contribution >= 4 is 16.9 Å². The Hall–Kier alpha value is -2.59. The molecule has 4 rings (SSSR count). The molecule has 1 amide bonds. The van der Waals surface area contributed by atoms with Crippen LogP contribution in [0.25, 0.3) is 11.0 Å². The van der Waals surface area contributed by atoms with Gasteiger partial charge in [0, 0.05) is 17.5 Å². The molecule has 0 bridgehead atoms. The SMILES string of the molecule is Cc1ccc(C(CNC(=O)c2oc3cc(C)cc(C)c3c2C)N2CCCC2)cc1. The molecule has 2 heterocycles. The van der Waals surface area contributed by atoms with E-state index in [1.165, 1.54) is 24.0 Å². The lowest BCUT2D eigenvalue weighted by atomic mass is 10.0. The molecule has 1 aromatic heterocycles. The van der Waals surface area contributed by atoms with E-state index in [4.69, 9.17) is 4.42 Å². The average molecular weight is 391 g/mol. The van der Waals surface area contributed by atoms with Gasteiger partial charge in [0.2, 0.25) is 0 Å². The number of likely N-dealkylation sites (tertiary alicyclic amines) is 1. The summed E-state index contributed by atoms with van der Waals surface area (Å²) in [6, 6.07) is 13.0. The van der Waals surface area contributed by atoms with Crippen molar-refractivity contribution in [2.45, 2.75) is 46.6 Å². The number of nitrogens with zero attached hydrogens (tertiary/aromatic N) is 1. The summed E-state index contributed by atoms with van der Waals surface area (Å²) in [5.74, 6) is 0.296. The number of amides is 1. The van der Waals surface area contributed by atoms with Crippen LogP contribution in [0.5, 0.6) is 0 Å². The Morgan fingerprint density at radius 1 is 1.03 bits per heavy atom. The quantitative estimate of drug-likeness (QED) is 0.648. The third-order valence-corrected chi connectivity index (χ3v) is 6.08. The van der Waals surface area contributed by atoms with E-state index >= 15 is 0 Å². The molecule has 0 radical (unpaired) electrons. The van der Waals surface area contributed by atoms with Crippen LogP contribution >= 0.6 is 0 Å². The fraction of sp³-hybridized carbons (Fsp3) is 0.400. The van der Waals surface area contributed by atoms with Crippen LogP contribution in [0.15, 0.2) is 40.8 Å². The van der Waals surface area contributed by atoms with Crippen LogP contribution in [0.1, 0.15) is 57.3 Å². The minimum absolute atomic E-state index is 0.132. The topological polar surface area (TPSA) is 45.5 Å². The summed E-state index contributed by atoms with van der Waals surface area (Å²) >= 11 is 0. The molecule has 1 aliphatic heterocycles. The normalized spacial score (nSPS) is 15.7. The number of aryl methyl sites for hydroxylation is 4. The Kier molecular flexibility index (Phi) is 5.46. The third-order valence-electron chi connectivity index (χ3n) is 6.08. The molecule has 4 heteroatoms. The van der Waals surface area contributed by atoms with Crippen LogP contribution in [0.2, 0.25) is 0 Å². The number of fused-ring (bicyclic) bond motifs is 1. The van der Waals surface area contributed by atoms with Crippen molar-refractivity contribution in [2.75, 3.05) is 19.6 Å². The molecule has 0 saturated carbocycles. The second kappa shape index (κ2) is 8.03. The zero-order valence-corrected chi connectivity index (χ0v) is 17.8. The zero-order chi connectivity index (χ0) is 20.5. The predicted octanol–water partition coefficient (Wildman–Crippen LogP) is 5.23. The summed E-state index contributed by atoms with van der Waals surface area (Å²) in [4.78, 5) is 15.5. The smallest absolute Gasteiger partial charge is 0.287 e. The Balaban J connectivity index is 1.56. The number of nitrogens with one attached hydrogen (secondary N) is 1. The van der Waals surface area contributed by atoms with E-state index in [0.29, 0.717) is 12.3 Å². The zero-order valence-electron chi connectivity index (χ0n) is 17.8. The van der Waals surface area contributed by atoms with Crippen LogP contribution < -0.4 is 5.32 Å². The minimum atomic E-state index is -0.132. The van der Waals surface area contributed by atoms with E-state index in [0.717, 1.165) is 40.7 Å². The predicted molar refractivity (Wildman–Crippen MR) is 117 cm³/mol. The second-order valence-corrected chi connectivity index (χ2v) is 8.39. The number of hydrogen-bond donors (Lipinski definition) is 1. The second-order valence-electron chi connectivity index (χ2n) is 8.39. The lowest BCUT2D eigenvalue weighted by Crippen LogP contribution is -2.36. The van der Waals surface area contributed by atoms with Gasteiger partial charge in [-0.05, 0) is 76.4 Å². The Labute approximate surface area is 172 Å². The molecule has 1 unspecified atom stereocenters. The molecule has 0 spiro atoms. The van der Waals surface area contributed by atoms with Crippen molar-refractivity contribution in [2.24, 2.45) is 0 Å². The highest BCUT2D eigenvalue weighted by Gasteiger charge is 2.25. The highest BCUT2D eigenvalue weighted by molar-refractivity contribution is 6.00. The molecule has 1 aliphatic rings. The van der Waals surface area contributed by atoms with Gasteiger partial charge in [0.25, 0.3) is 5.91 Å². The van der Waals surface area contributed by atoms with Crippen LogP contribution in [0.3, 0.4) is 0 Å². The van der Waals surface area contributed by atoms with Crippen molar-refractivity contribution in [3.8, 4) is 0 Å². The summed E-state index contributed by atoms with van der Waals surface area (Å²) in [6.07, 6.45) is 2.44. The molecule has 1 fully saturated rings. The van der Waals surface area contributed by atoms with Gasteiger partial charge in [-0.25, -0.2) is 0 Å². The van der Waals surface area contributed by atoms with Gasteiger partial charge in [-0.3, -0.25) is 9.69 Å². The number of carbonyl (C=O) groups is 1. The fourth-order valence-electron chi connectivity index (χ4n) is 4.58. The molecule has 29 heavy (non-hydrogen) atoms. The first-order valence-electron chi connectivity index (χ1n) is 10.5. The maximum atomic E-state index is 13.0. The first kappa shape index (κ1) is 19.7. The van der Waals surface area contributed by atoms with Crippen molar-refractivity contribution < 1.29 is 9.21 Å². The van der Waals surface area contributed by atoms with Gasteiger partial charge in [0.1, 0.15) is 5.58 Å². The van der Waals surface area contributed by atoms with Gasteiger partial charge in [-0.1, -0.05) is 35.9 Å². The Morgan fingerprint density at radius 2 is 1.72 bits per heavy atom. The molecule has 3 aromatic rings. The molecule has 1 atom stereocenters. The minimum Gasteiger partial charge on any atom is -0.451 e. The summed E-state index contributed by atoms with van der Waals surface area (Å²) < 4.78 is 5.98. The molecular weight excluding hydrogens is 360 g/mol. The van der Waals surface area contributed by atoms with Crippen molar-refractivity contribution in [3.05, 3.63) is 70.0 Å². The van der Waals surface area contributed by atoms with E-state index < -0.39 is 0 Å². The summed E-state index contributed by atoms with van der Waals surface area (Å²) in [6.45, 7) is 10.9. The first-order chi connectivity index (χ1) is 13.9. The van der Waals surface area contributed by atoms with Crippen molar-refractivity contribution in [3.63, 3.8) is 0 Å². The molecule has 152 valence electrons. The molecule has 2 aromatic carbocycles. The van der Waals surface area contributed by atoms with E-state index in [-0.39, 0.29) is 11.9 Å². The van der Waals surface area contributed by atoms with Gasteiger partial charge in [0.15, 0.2) is 5.76 Å². The van der Waals surface area contributed by atoms with Crippen LogP contribution in [-0.2, 0) is 0 Å². The maximum absolute atomic E-state index is 13.0. The van der Waals surface area contributed by atoms with Crippen LogP contribution in [0.4, 0.5) is 0 Å². The van der Waals surface area contributed by atoms with E-state index in [1.54, 1.807) is 0 Å². The van der Waals surface area contributed by atoms with Gasteiger partial charge < -0.3 is 9.73 Å². The average Bonchev–Trinajstić information content (AvgIpc) is 3.31. The molecular formula is C25H30N2O2. The number of benzene rings is 2. The number of furan rings is 1. The number of hydrogen-bond acceptors (Lipinski definition) is 3.